The average molecular weight is 425 g/mol. The Balaban J connectivity index is 0.00000166. The van der Waals surface area contributed by atoms with Crippen molar-refractivity contribution in [3.63, 3.8) is 0 Å². The summed E-state index contributed by atoms with van der Waals surface area (Å²) in [5.41, 5.74) is 4.18. The molecule has 0 aromatic heterocycles. The molecule has 0 aliphatic heterocycles. The Morgan fingerprint density at radius 3 is 2.10 bits per heavy atom. The van der Waals surface area contributed by atoms with Gasteiger partial charge in [-0.1, -0.05) is 57.7 Å². The molecule has 0 N–H and O–H groups in total. The molecule has 1 saturated carbocycles. The first-order valence-electron chi connectivity index (χ1n) is 12.0. The molecule has 0 bridgehead atoms. The highest BCUT2D eigenvalue weighted by molar-refractivity contribution is 5.98. The van der Waals surface area contributed by atoms with E-state index in [4.69, 9.17) is 9.47 Å². The second kappa shape index (κ2) is 13.2. The fourth-order valence-corrected chi connectivity index (χ4v) is 4.13. The van der Waals surface area contributed by atoms with E-state index in [9.17, 15) is 4.79 Å². The molecule has 0 heterocycles. The minimum Gasteiger partial charge on any atom is -0.493 e. The normalized spacial score (nSPS) is 13.5. The SMILES string of the molecule is CC.Cc1ccccc1OCCCCOc1ccc(C(=O)CC2CCCC2)c(C)c1C. The lowest BCUT2D eigenvalue weighted by molar-refractivity contribution is 0.0961. The number of ketones is 1. The van der Waals surface area contributed by atoms with Gasteiger partial charge in [0.1, 0.15) is 11.5 Å². The molecule has 0 saturated heterocycles. The van der Waals surface area contributed by atoms with Crippen LogP contribution in [0.25, 0.3) is 0 Å². The molecule has 1 fully saturated rings. The van der Waals surface area contributed by atoms with Gasteiger partial charge in [-0.05, 0) is 74.4 Å². The van der Waals surface area contributed by atoms with Crippen LogP contribution < -0.4 is 9.47 Å². The molecule has 3 rings (SSSR count). The largest absolute Gasteiger partial charge is 0.493 e. The van der Waals surface area contributed by atoms with E-state index < -0.39 is 0 Å². The Hall–Kier alpha value is -2.29. The number of benzene rings is 2. The first-order valence-corrected chi connectivity index (χ1v) is 12.0. The predicted octanol–water partition coefficient (Wildman–Crippen LogP) is 7.64. The van der Waals surface area contributed by atoms with Crippen LogP contribution in [0.1, 0.15) is 85.8 Å². The van der Waals surface area contributed by atoms with E-state index in [-0.39, 0.29) is 5.78 Å². The zero-order chi connectivity index (χ0) is 22.6. The van der Waals surface area contributed by atoms with Gasteiger partial charge in [-0.2, -0.15) is 0 Å². The zero-order valence-electron chi connectivity index (χ0n) is 20.1. The van der Waals surface area contributed by atoms with Crippen molar-refractivity contribution < 1.29 is 14.3 Å². The van der Waals surface area contributed by atoms with Gasteiger partial charge in [-0.3, -0.25) is 4.79 Å². The first kappa shape index (κ1) is 25.0. The van der Waals surface area contributed by atoms with Gasteiger partial charge >= 0.3 is 0 Å². The van der Waals surface area contributed by atoms with Crippen LogP contribution in [-0.2, 0) is 0 Å². The summed E-state index contributed by atoms with van der Waals surface area (Å²) < 4.78 is 11.8. The summed E-state index contributed by atoms with van der Waals surface area (Å²) in [4.78, 5) is 12.7. The van der Waals surface area contributed by atoms with Crippen LogP contribution >= 0.6 is 0 Å². The van der Waals surface area contributed by atoms with Crippen LogP contribution in [0.4, 0.5) is 0 Å². The molecule has 3 nitrogen and oxygen atoms in total. The van der Waals surface area contributed by atoms with Gasteiger partial charge in [-0.15, -0.1) is 0 Å². The molecule has 1 aliphatic rings. The molecule has 3 heteroatoms. The molecule has 0 spiro atoms. The Morgan fingerprint density at radius 1 is 0.839 bits per heavy atom. The summed E-state index contributed by atoms with van der Waals surface area (Å²) in [7, 11) is 0. The van der Waals surface area contributed by atoms with Gasteiger partial charge in [0.05, 0.1) is 13.2 Å². The van der Waals surface area contributed by atoms with Gasteiger partial charge in [0.2, 0.25) is 0 Å². The summed E-state index contributed by atoms with van der Waals surface area (Å²) in [5, 5.41) is 0. The molecule has 0 radical (unpaired) electrons. The number of hydrogen-bond donors (Lipinski definition) is 0. The van der Waals surface area contributed by atoms with Crippen molar-refractivity contribution in [2.45, 2.75) is 79.6 Å². The summed E-state index contributed by atoms with van der Waals surface area (Å²) in [5.74, 6) is 2.72. The lowest BCUT2D eigenvalue weighted by atomic mass is 9.92. The quantitative estimate of drug-likeness (QED) is 0.290. The number of carbonyl (C=O) groups excluding carboxylic acids is 1. The van der Waals surface area contributed by atoms with Gasteiger partial charge < -0.3 is 9.47 Å². The Kier molecular flexibility index (Phi) is 10.6. The Labute approximate surface area is 189 Å². The number of para-hydroxylation sites is 1. The van der Waals surface area contributed by atoms with E-state index >= 15 is 0 Å². The van der Waals surface area contributed by atoms with Gasteiger partial charge in [-0.25, -0.2) is 0 Å². The fourth-order valence-electron chi connectivity index (χ4n) is 4.13. The molecule has 170 valence electrons. The topological polar surface area (TPSA) is 35.5 Å². The van der Waals surface area contributed by atoms with E-state index in [0.29, 0.717) is 25.6 Å². The lowest BCUT2D eigenvalue weighted by Gasteiger charge is -2.15. The highest BCUT2D eigenvalue weighted by Gasteiger charge is 2.21. The molecule has 0 unspecified atom stereocenters. The number of carbonyl (C=O) groups is 1. The van der Waals surface area contributed by atoms with Crippen LogP contribution in [0.15, 0.2) is 36.4 Å². The Bertz CT molecular complexity index is 819. The van der Waals surface area contributed by atoms with Crippen LogP contribution in [-0.4, -0.2) is 19.0 Å². The van der Waals surface area contributed by atoms with Crippen molar-refractivity contribution in [2.24, 2.45) is 5.92 Å². The smallest absolute Gasteiger partial charge is 0.163 e. The van der Waals surface area contributed by atoms with Crippen molar-refractivity contribution in [1.82, 2.24) is 0 Å². The van der Waals surface area contributed by atoms with Crippen molar-refractivity contribution in [3.8, 4) is 11.5 Å². The van der Waals surface area contributed by atoms with E-state index in [1.165, 1.54) is 25.7 Å². The molecule has 1 aliphatic carbocycles. The van der Waals surface area contributed by atoms with Crippen molar-refractivity contribution >= 4 is 5.78 Å². The molecule has 2 aromatic rings. The molecule has 0 amide bonds. The first-order chi connectivity index (χ1) is 15.1. The number of unbranched alkanes of at least 4 members (excludes halogenated alkanes) is 1. The fraction of sp³-hybridized carbons (Fsp3) is 0.536. The summed E-state index contributed by atoms with van der Waals surface area (Å²) >= 11 is 0. The van der Waals surface area contributed by atoms with Crippen molar-refractivity contribution in [1.29, 1.82) is 0 Å². The number of aryl methyl sites for hydroxylation is 1. The van der Waals surface area contributed by atoms with Crippen LogP contribution in [0, 0.1) is 26.7 Å². The molecular weight excluding hydrogens is 384 g/mol. The summed E-state index contributed by atoms with van der Waals surface area (Å²) in [6, 6.07) is 12.0. The monoisotopic (exact) mass is 424 g/mol. The minimum absolute atomic E-state index is 0.289. The highest BCUT2D eigenvalue weighted by atomic mass is 16.5. The maximum absolute atomic E-state index is 12.7. The summed E-state index contributed by atoms with van der Waals surface area (Å²) in [6.07, 6.45) is 7.55. The number of ether oxygens (including phenoxy) is 2. The number of Topliss-reactive ketones (excluding diaryl/α,β-unsaturated/α-hetero) is 1. The summed E-state index contributed by atoms with van der Waals surface area (Å²) in [6.45, 7) is 11.5. The second-order valence-electron chi connectivity index (χ2n) is 8.31. The highest BCUT2D eigenvalue weighted by Crippen LogP contribution is 2.31. The van der Waals surface area contributed by atoms with Gasteiger partial charge in [0.15, 0.2) is 5.78 Å². The molecular formula is C28H40O3. The van der Waals surface area contributed by atoms with Crippen LogP contribution in [0.2, 0.25) is 0 Å². The molecule has 0 atom stereocenters. The van der Waals surface area contributed by atoms with Gasteiger partial charge in [0, 0.05) is 12.0 Å². The maximum atomic E-state index is 12.7. The van der Waals surface area contributed by atoms with Crippen molar-refractivity contribution in [2.75, 3.05) is 13.2 Å². The lowest BCUT2D eigenvalue weighted by Crippen LogP contribution is -2.09. The molecule has 31 heavy (non-hydrogen) atoms. The minimum atomic E-state index is 0.289. The second-order valence-corrected chi connectivity index (χ2v) is 8.31. The third-order valence-electron chi connectivity index (χ3n) is 6.13. The standard InChI is InChI=1S/C26H34O3.C2H6/c1-19-10-4-7-13-25(19)28-16-8-9-17-29-26-15-14-23(20(2)21(26)3)24(27)18-22-11-5-6-12-22;1-2/h4,7,10,13-15,22H,5-6,8-9,11-12,16-18H2,1-3H3;1-2H3. The maximum Gasteiger partial charge on any atom is 0.163 e. The van der Waals surface area contributed by atoms with Crippen molar-refractivity contribution in [3.05, 3.63) is 58.7 Å². The van der Waals surface area contributed by atoms with Gasteiger partial charge in [0.25, 0.3) is 0 Å². The zero-order valence-corrected chi connectivity index (χ0v) is 20.1. The van der Waals surface area contributed by atoms with Crippen LogP contribution in [0.3, 0.4) is 0 Å². The average Bonchev–Trinajstić information content (AvgIpc) is 3.29. The Morgan fingerprint density at radius 2 is 1.45 bits per heavy atom. The van der Waals surface area contributed by atoms with E-state index in [2.05, 4.69) is 19.9 Å². The van der Waals surface area contributed by atoms with E-state index in [0.717, 1.165) is 46.6 Å². The third kappa shape index (κ3) is 7.41. The molecule has 2 aromatic carbocycles. The van der Waals surface area contributed by atoms with E-state index in [1.54, 1.807) is 0 Å². The predicted molar refractivity (Wildman–Crippen MR) is 130 cm³/mol. The van der Waals surface area contributed by atoms with E-state index in [1.807, 2.05) is 51.1 Å². The number of rotatable bonds is 10. The van der Waals surface area contributed by atoms with Crippen LogP contribution in [0.5, 0.6) is 11.5 Å². The number of hydrogen-bond acceptors (Lipinski definition) is 3. The third-order valence-corrected chi connectivity index (χ3v) is 6.13.